The highest BCUT2D eigenvalue weighted by Crippen LogP contribution is 2.23. The maximum absolute atomic E-state index is 5.54. The van der Waals surface area contributed by atoms with Gasteiger partial charge < -0.3 is 4.90 Å². The van der Waals surface area contributed by atoms with Gasteiger partial charge in [-0.05, 0) is 23.8 Å². The molecule has 1 aliphatic heterocycles. The van der Waals surface area contributed by atoms with Crippen molar-refractivity contribution >= 4 is 17.2 Å². The van der Waals surface area contributed by atoms with Crippen LogP contribution < -0.4 is 0 Å². The summed E-state index contributed by atoms with van der Waals surface area (Å²) in [5, 5.41) is 0. The Morgan fingerprint density at radius 3 is 2.06 bits per heavy atom. The lowest BCUT2D eigenvalue weighted by Crippen LogP contribution is -2.26. The van der Waals surface area contributed by atoms with Crippen LogP contribution in [0.5, 0.6) is 0 Å². The molecule has 1 heterocycles. The van der Waals surface area contributed by atoms with E-state index in [9.17, 15) is 0 Å². The molecule has 0 amide bonds. The van der Waals surface area contributed by atoms with Crippen LogP contribution in [0.25, 0.3) is 0 Å². The third-order valence-electron chi connectivity index (χ3n) is 3.39. The summed E-state index contributed by atoms with van der Waals surface area (Å²) in [6, 6.07) is 8.75. The number of benzene rings is 1. The van der Waals surface area contributed by atoms with E-state index in [0.29, 0.717) is 0 Å². The van der Waals surface area contributed by atoms with Gasteiger partial charge in [0, 0.05) is 18.7 Å². The Morgan fingerprint density at radius 2 is 1.59 bits per heavy atom. The summed E-state index contributed by atoms with van der Waals surface area (Å²) in [7, 11) is 0. The van der Waals surface area contributed by atoms with E-state index in [1.165, 1.54) is 24.0 Å². The molecular formula is C15H21NS. The Morgan fingerprint density at radius 1 is 1.06 bits per heavy atom. The van der Waals surface area contributed by atoms with E-state index >= 15 is 0 Å². The molecule has 1 aromatic carbocycles. The minimum atomic E-state index is 0.216. The van der Waals surface area contributed by atoms with Crippen LogP contribution in [-0.4, -0.2) is 23.0 Å². The van der Waals surface area contributed by atoms with Crippen molar-refractivity contribution in [2.24, 2.45) is 0 Å². The number of thiocarbonyl (C=S) groups is 1. The molecule has 0 unspecified atom stereocenters. The van der Waals surface area contributed by atoms with Gasteiger partial charge in [-0.25, -0.2) is 0 Å². The van der Waals surface area contributed by atoms with Crippen molar-refractivity contribution in [2.75, 3.05) is 13.1 Å². The average molecular weight is 247 g/mol. The lowest BCUT2D eigenvalue weighted by Gasteiger charge is -2.21. The summed E-state index contributed by atoms with van der Waals surface area (Å²) in [6.07, 6.45) is 2.56. The number of hydrogen-bond donors (Lipinski definition) is 0. The maximum atomic E-state index is 5.54. The minimum absolute atomic E-state index is 0.216. The van der Waals surface area contributed by atoms with Crippen LogP contribution in [0, 0.1) is 0 Å². The third kappa shape index (κ3) is 2.86. The molecule has 1 saturated heterocycles. The lowest BCUT2D eigenvalue weighted by molar-refractivity contribution is 0.530. The molecule has 0 atom stereocenters. The van der Waals surface area contributed by atoms with Crippen molar-refractivity contribution in [2.45, 2.75) is 39.0 Å². The molecular weight excluding hydrogens is 226 g/mol. The van der Waals surface area contributed by atoms with E-state index in [1.807, 2.05) is 0 Å². The Kier molecular flexibility index (Phi) is 3.53. The van der Waals surface area contributed by atoms with Crippen molar-refractivity contribution in [1.82, 2.24) is 4.90 Å². The SMILES string of the molecule is CC(C)(C)c1ccc(C(=S)N2CCCC2)cc1. The summed E-state index contributed by atoms with van der Waals surface area (Å²) < 4.78 is 0. The van der Waals surface area contributed by atoms with Crippen molar-refractivity contribution < 1.29 is 0 Å². The first-order valence-corrected chi connectivity index (χ1v) is 6.79. The monoisotopic (exact) mass is 247 g/mol. The molecule has 0 radical (unpaired) electrons. The van der Waals surface area contributed by atoms with Gasteiger partial charge in [0.15, 0.2) is 0 Å². The maximum Gasteiger partial charge on any atom is 0.109 e. The summed E-state index contributed by atoms with van der Waals surface area (Å²) in [6.45, 7) is 8.96. The van der Waals surface area contributed by atoms with Crippen molar-refractivity contribution in [1.29, 1.82) is 0 Å². The molecule has 0 bridgehead atoms. The fourth-order valence-electron chi connectivity index (χ4n) is 2.22. The van der Waals surface area contributed by atoms with Crippen LogP contribution in [0.15, 0.2) is 24.3 Å². The van der Waals surface area contributed by atoms with Gasteiger partial charge in [0.25, 0.3) is 0 Å². The van der Waals surface area contributed by atoms with Gasteiger partial charge in [-0.1, -0.05) is 57.3 Å². The summed E-state index contributed by atoms with van der Waals surface area (Å²) in [4.78, 5) is 3.34. The molecule has 1 aliphatic rings. The summed E-state index contributed by atoms with van der Waals surface area (Å²) >= 11 is 5.54. The zero-order valence-electron chi connectivity index (χ0n) is 11.0. The number of rotatable bonds is 1. The van der Waals surface area contributed by atoms with Gasteiger partial charge in [-0.2, -0.15) is 0 Å². The molecule has 92 valence electrons. The number of nitrogens with zero attached hydrogens (tertiary/aromatic N) is 1. The van der Waals surface area contributed by atoms with Gasteiger partial charge in [-0.3, -0.25) is 0 Å². The highest BCUT2D eigenvalue weighted by molar-refractivity contribution is 7.80. The molecule has 2 heteroatoms. The topological polar surface area (TPSA) is 3.24 Å². The molecule has 17 heavy (non-hydrogen) atoms. The van der Waals surface area contributed by atoms with E-state index < -0.39 is 0 Å². The second-order valence-electron chi connectivity index (χ2n) is 5.83. The van der Waals surface area contributed by atoms with Crippen LogP contribution in [0.2, 0.25) is 0 Å². The number of likely N-dealkylation sites (tertiary alicyclic amines) is 1. The van der Waals surface area contributed by atoms with E-state index in [2.05, 4.69) is 49.9 Å². The Bertz CT molecular complexity index is 394. The molecule has 1 fully saturated rings. The summed E-state index contributed by atoms with van der Waals surface area (Å²) in [5.74, 6) is 0. The van der Waals surface area contributed by atoms with Crippen LogP contribution in [-0.2, 0) is 5.41 Å². The van der Waals surface area contributed by atoms with Crippen molar-refractivity contribution in [3.8, 4) is 0 Å². The van der Waals surface area contributed by atoms with Gasteiger partial charge in [-0.15, -0.1) is 0 Å². The molecule has 0 aliphatic carbocycles. The lowest BCUT2D eigenvalue weighted by atomic mass is 9.87. The molecule has 0 N–H and O–H groups in total. The molecule has 2 rings (SSSR count). The number of hydrogen-bond acceptors (Lipinski definition) is 1. The second kappa shape index (κ2) is 4.77. The first-order valence-electron chi connectivity index (χ1n) is 6.38. The predicted octanol–water partition coefficient (Wildman–Crippen LogP) is 3.76. The van der Waals surface area contributed by atoms with Crippen molar-refractivity contribution in [3.05, 3.63) is 35.4 Å². The molecule has 0 aromatic heterocycles. The van der Waals surface area contributed by atoms with Gasteiger partial charge in [0.1, 0.15) is 4.99 Å². The average Bonchev–Trinajstić information content (AvgIpc) is 2.80. The fourth-order valence-corrected chi connectivity index (χ4v) is 2.53. The molecule has 1 aromatic rings. The largest absolute Gasteiger partial charge is 0.362 e. The molecule has 0 spiro atoms. The van der Waals surface area contributed by atoms with Crippen molar-refractivity contribution in [3.63, 3.8) is 0 Å². The minimum Gasteiger partial charge on any atom is -0.362 e. The predicted molar refractivity (Wildman–Crippen MR) is 77.6 cm³/mol. The first-order chi connectivity index (χ1) is 7.98. The Balaban J connectivity index is 2.15. The summed E-state index contributed by atoms with van der Waals surface area (Å²) in [5.41, 5.74) is 2.77. The van der Waals surface area contributed by atoms with Crippen LogP contribution >= 0.6 is 12.2 Å². The van der Waals surface area contributed by atoms with Crippen LogP contribution in [0.4, 0.5) is 0 Å². The van der Waals surface area contributed by atoms with Crippen LogP contribution in [0.1, 0.15) is 44.7 Å². The first kappa shape index (κ1) is 12.6. The Hall–Kier alpha value is -0.890. The smallest absolute Gasteiger partial charge is 0.109 e. The Labute approximate surface area is 110 Å². The van der Waals surface area contributed by atoms with Crippen LogP contribution in [0.3, 0.4) is 0 Å². The van der Waals surface area contributed by atoms with Gasteiger partial charge in [0.2, 0.25) is 0 Å². The van der Waals surface area contributed by atoms with E-state index in [4.69, 9.17) is 12.2 Å². The standard InChI is InChI=1S/C15H21NS/c1-15(2,3)13-8-6-12(7-9-13)14(17)16-10-4-5-11-16/h6-9H,4-5,10-11H2,1-3H3. The fraction of sp³-hybridized carbons (Fsp3) is 0.533. The second-order valence-corrected chi connectivity index (χ2v) is 6.21. The van der Waals surface area contributed by atoms with E-state index in [1.54, 1.807) is 0 Å². The zero-order chi connectivity index (χ0) is 12.5. The van der Waals surface area contributed by atoms with E-state index in [-0.39, 0.29) is 5.41 Å². The van der Waals surface area contributed by atoms with Gasteiger partial charge >= 0.3 is 0 Å². The normalized spacial score (nSPS) is 16.3. The quantitative estimate of drug-likeness (QED) is 0.695. The van der Waals surface area contributed by atoms with E-state index in [0.717, 1.165) is 18.1 Å². The highest BCUT2D eigenvalue weighted by Gasteiger charge is 2.17. The molecule has 0 saturated carbocycles. The van der Waals surface area contributed by atoms with Gasteiger partial charge in [0.05, 0.1) is 0 Å². The zero-order valence-corrected chi connectivity index (χ0v) is 11.8. The molecule has 1 nitrogen and oxygen atoms in total. The highest BCUT2D eigenvalue weighted by atomic mass is 32.1. The third-order valence-corrected chi connectivity index (χ3v) is 3.89.